The lowest BCUT2D eigenvalue weighted by atomic mass is 10.2. The fourth-order valence-corrected chi connectivity index (χ4v) is 2.15. The lowest BCUT2D eigenvalue weighted by Gasteiger charge is -2.15. The first-order valence-electron chi connectivity index (χ1n) is 4.47. The van der Waals surface area contributed by atoms with Crippen molar-refractivity contribution in [3.05, 3.63) is 18.6 Å². The van der Waals surface area contributed by atoms with Crippen LogP contribution in [0.3, 0.4) is 0 Å². The highest BCUT2D eigenvalue weighted by Gasteiger charge is 2.22. The molecule has 0 saturated carbocycles. The fourth-order valence-electron chi connectivity index (χ4n) is 1.62. The minimum absolute atomic E-state index is 0.766. The van der Waals surface area contributed by atoms with E-state index in [1.54, 1.807) is 12.4 Å². The largest absolute Gasteiger partial charge is 0.355 e. The van der Waals surface area contributed by atoms with Crippen LogP contribution >= 0.6 is 15.9 Å². The third kappa shape index (κ3) is 1.99. The van der Waals surface area contributed by atoms with E-state index in [2.05, 4.69) is 30.8 Å². The SMILES string of the molecule is BrCC1CCN(c2cnccn2)C1. The molecule has 13 heavy (non-hydrogen) atoms. The zero-order valence-corrected chi connectivity index (χ0v) is 8.94. The Balaban J connectivity index is 2.04. The highest BCUT2D eigenvalue weighted by atomic mass is 79.9. The van der Waals surface area contributed by atoms with Gasteiger partial charge in [-0.05, 0) is 12.3 Å². The number of anilines is 1. The third-order valence-electron chi connectivity index (χ3n) is 2.38. The minimum atomic E-state index is 0.766. The summed E-state index contributed by atoms with van der Waals surface area (Å²) in [6.45, 7) is 2.21. The van der Waals surface area contributed by atoms with Gasteiger partial charge in [0.2, 0.25) is 0 Å². The van der Waals surface area contributed by atoms with Crippen molar-refractivity contribution in [3.8, 4) is 0 Å². The topological polar surface area (TPSA) is 29.0 Å². The van der Waals surface area contributed by atoms with Gasteiger partial charge in [0, 0.05) is 30.8 Å². The molecule has 2 rings (SSSR count). The fraction of sp³-hybridized carbons (Fsp3) is 0.556. The zero-order chi connectivity index (χ0) is 9.10. The maximum Gasteiger partial charge on any atom is 0.147 e. The molecule has 1 aromatic heterocycles. The molecule has 1 aromatic rings. The van der Waals surface area contributed by atoms with Crippen LogP contribution in [0.4, 0.5) is 5.82 Å². The van der Waals surface area contributed by atoms with E-state index in [0.29, 0.717) is 0 Å². The summed E-state index contributed by atoms with van der Waals surface area (Å²) >= 11 is 3.51. The normalized spacial score (nSPS) is 22.2. The first kappa shape index (κ1) is 8.94. The van der Waals surface area contributed by atoms with Gasteiger partial charge in [0.25, 0.3) is 0 Å². The number of hydrogen-bond donors (Lipinski definition) is 0. The molecule has 0 aliphatic carbocycles. The van der Waals surface area contributed by atoms with Crippen molar-refractivity contribution in [2.45, 2.75) is 6.42 Å². The van der Waals surface area contributed by atoms with Gasteiger partial charge in [-0.3, -0.25) is 4.98 Å². The molecule has 1 unspecified atom stereocenters. The number of aromatic nitrogens is 2. The van der Waals surface area contributed by atoms with Crippen LogP contribution in [0.1, 0.15) is 6.42 Å². The van der Waals surface area contributed by atoms with E-state index in [1.807, 2.05) is 6.20 Å². The highest BCUT2D eigenvalue weighted by molar-refractivity contribution is 9.09. The summed E-state index contributed by atoms with van der Waals surface area (Å²) in [6.07, 6.45) is 6.54. The molecule has 70 valence electrons. The molecule has 0 amide bonds. The van der Waals surface area contributed by atoms with Crippen LogP contribution in [0, 0.1) is 5.92 Å². The van der Waals surface area contributed by atoms with Gasteiger partial charge >= 0.3 is 0 Å². The summed E-state index contributed by atoms with van der Waals surface area (Å²) in [7, 11) is 0. The predicted molar refractivity (Wildman–Crippen MR) is 56.1 cm³/mol. The number of alkyl halides is 1. The number of rotatable bonds is 2. The van der Waals surface area contributed by atoms with Crippen LogP contribution in [0.15, 0.2) is 18.6 Å². The molecule has 3 nitrogen and oxygen atoms in total. The van der Waals surface area contributed by atoms with E-state index in [0.717, 1.165) is 30.2 Å². The Morgan fingerprint density at radius 2 is 2.46 bits per heavy atom. The quantitative estimate of drug-likeness (QED) is 0.739. The van der Waals surface area contributed by atoms with Crippen LogP contribution in [-0.2, 0) is 0 Å². The van der Waals surface area contributed by atoms with Crippen molar-refractivity contribution in [3.63, 3.8) is 0 Å². The van der Waals surface area contributed by atoms with Crippen molar-refractivity contribution >= 4 is 21.7 Å². The maximum absolute atomic E-state index is 4.28. The molecule has 1 atom stereocenters. The minimum Gasteiger partial charge on any atom is -0.355 e. The summed E-state index contributed by atoms with van der Waals surface area (Å²) in [6, 6.07) is 0. The highest BCUT2D eigenvalue weighted by Crippen LogP contribution is 2.22. The second kappa shape index (κ2) is 4.05. The Hall–Kier alpha value is -0.640. The van der Waals surface area contributed by atoms with Gasteiger partial charge in [0.1, 0.15) is 5.82 Å². The first-order chi connectivity index (χ1) is 6.40. The molecule has 1 aliphatic rings. The summed E-state index contributed by atoms with van der Waals surface area (Å²) in [4.78, 5) is 10.6. The van der Waals surface area contributed by atoms with E-state index < -0.39 is 0 Å². The van der Waals surface area contributed by atoms with Gasteiger partial charge in [0.15, 0.2) is 0 Å². The molecule has 1 fully saturated rings. The zero-order valence-electron chi connectivity index (χ0n) is 7.36. The summed E-state index contributed by atoms with van der Waals surface area (Å²) in [5.41, 5.74) is 0. The van der Waals surface area contributed by atoms with Gasteiger partial charge in [-0.15, -0.1) is 0 Å². The van der Waals surface area contributed by atoms with Crippen molar-refractivity contribution in [2.24, 2.45) is 5.92 Å². The Labute approximate surface area is 86.3 Å². The van der Waals surface area contributed by atoms with Crippen molar-refractivity contribution in [1.82, 2.24) is 9.97 Å². The van der Waals surface area contributed by atoms with Crippen LogP contribution in [0.5, 0.6) is 0 Å². The number of nitrogens with zero attached hydrogens (tertiary/aromatic N) is 3. The van der Waals surface area contributed by atoms with Crippen LogP contribution in [-0.4, -0.2) is 28.4 Å². The van der Waals surface area contributed by atoms with Crippen molar-refractivity contribution < 1.29 is 0 Å². The van der Waals surface area contributed by atoms with Gasteiger partial charge < -0.3 is 4.90 Å². The third-order valence-corrected chi connectivity index (χ3v) is 3.29. The van der Waals surface area contributed by atoms with Crippen molar-refractivity contribution in [1.29, 1.82) is 0 Å². The van der Waals surface area contributed by atoms with Gasteiger partial charge in [-0.2, -0.15) is 0 Å². The Morgan fingerprint density at radius 3 is 3.08 bits per heavy atom. The second-order valence-corrected chi connectivity index (χ2v) is 3.97. The van der Waals surface area contributed by atoms with Gasteiger partial charge in [-0.1, -0.05) is 15.9 Å². The average Bonchev–Trinajstić information content (AvgIpc) is 2.67. The van der Waals surface area contributed by atoms with Crippen LogP contribution in [0.25, 0.3) is 0 Å². The average molecular weight is 242 g/mol. The van der Waals surface area contributed by atoms with E-state index in [1.165, 1.54) is 6.42 Å². The molecule has 4 heteroatoms. The summed E-state index contributed by atoms with van der Waals surface area (Å²) in [5.74, 6) is 1.77. The second-order valence-electron chi connectivity index (χ2n) is 3.32. The Kier molecular flexibility index (Phi) is 2.78. The Bertz CT molecular complexity index is 265. The predicted octanol–water partition coefficient (Wildman–Crippen LogP) is 1.70. The Morgan fingerprint density at radius 1 is 1.54 bits per heavy atom. The van der Waals surface area contributed by atoms with E-state index >= 15 is 0 Å². The van der Waals surface area contributed by atoms with E-state index in [4.69, 9.17) is 0 Å². The maximum atomic E-state index is 4.28. The number of halogens is 1. The number of hydrogen-bond acceptors (Lipinski definition) is 3. The molecule has 1 aliphatic heterocycles. The van der Waals surface area contributed by atoms with Crippen molar-refractivity contribution in [2.75, 3.05) is 23.3 Å². The molecule has 0 radical (unpaired) electrons. The molecule has 0 bridgehead atoms. The van der Waals surface area contributed by atoms with E-state index in [9.17, 15) is 0 Å². The lowest BCUT2D eigenvalue weighted by molar-refractivity contribution is 0.675. The van der Waals surface area contributed by atoms with Crippen LogP contribution < -0.4 is 4.90 Å². The molecule has 0 spiro atoms. The van der Waals surface area contributed by atoms with E-state index in [-0.39, 0.29) is 0 Å². The molecule has 0 aromatic carbocycles. The molecule has 2 heterocycles. The molecule has 0 N–H and O–H groups in total. The summed E-state index contributed by atoms with van der Waals surface area (Å²) < 4.78 is 0. The summed E-state index contributed by atoms with van der Waals surface area (Å²) in [5, 5.41) is 1.09. The van der Waals surface area contributed by atoms with Crippen LogP contribution in [0.2, 0.25) is 0 Å². The van der Waals surface area contributed by atoms with Gasteiger partial charge in [0.05, 0.1) is 6.20 Å². The molecule has 1 saturated heterocycles. The van der Waals surface area contributed by atoms with Gasteiger partial charge in [-0.25, -0.2) is 4.98 Å². The lowest BCUT2D eigenvalue weighted by Crippen LogP contribution is -2.21. The smallest absolute Gasteiger partial charge is 0.147 e. The first-order valence-corrected chi connectivity index (χ1v) is 5.59. The molecular weight excluding hydrogens is 230 g/mol. The molecular formula is C9H12BrN3. The monoisotopic (exact) mass is 241 g/mol. The standard InChI is InChI=1S/C9H12BrN3/c10-5-8-1-4-13(7-8)9-6-11-2-3-12-9/h2-3,6,8H,1,4-5,7H2.